The second kappa shape index (κ2) is 5.77. The minimum Gasteiger partial charge on any atom is -0.459 e. The number of carbonyl (C=O) groups excluding carboxylic acids is 1. The highest BCUT2D eigenvalue weighted by molar-refractivity contribution is 5.75. The Bertz CT molecular complexity index is 357. The van der Waals surface area contributed by atoms with Crippen molar-refractivity contribution in [3.8, 4) is 0 Å². The van der Waals surface area contributed by atoms with E-state index < -0.39 is 11.6 Å². The molecule has 0 saturated heterocycles. The lowest BCUT2D eigenvalue weighted by Crippen LogP contribution is -2.37. The zero-order valence-corrected chi connectivity index (χ0v) is 10.6. The SMILES string of the molecule is CC(C)(C)OC(=O)C(N)CCc1ccncc1. The van der Waals surface area contributed by atoms with Crippen LogP contribution in [-0.4, -0.2) is 22.6 Å². The molecule has 0 radical (unpaired) electrons. The first kappa shape index (κ1) is 13.6. The van der Waals surface area contributed by atoms with Gasteiger partial charge in [0.25, 0.3) is 0 Å². The maximum absolute atomic E-state index is 11.6. The lowest BCUT2D eigenvalue weighted by molar-refractivity contribution is -0.156. The number of aromatic nitrogens is 1. The number of esters is 1. The maximum atomic E-state index is 11.6. The van der Waals surface area contributed by atoms with Crippen molar-refractivity contribution in [2.45, 2.75) is 45.3 Å². The number of nitrogens with zero attached hydrogens (tertiary/aromatic N) is 1. The molecule has 1 aromatic heterocycles. The third-order valence-electron chi connectivity index (χ3n) is 2.20. The van der Waals surface area contributed by atoms with E-state index in [2.05, 4.69) is 4.98 Å². The number of aryl methyl sites for hydroxylation is 1. The molecule has 0 aliphatic heterocycles. The zero-order valence-electron chi connectivity index (χ0n) is 10.6. The quantitative estimate of drug-likeness (QED) is 0.808. The fraction of sp³-hybridized carbons (Fsp3) is 0.538. The molecule has 1 aromatic rings. The number of hydrogen-bond donors (Lipinski definition) is 1. The molecular weight excluding hydrogens is 216 g/mol. The van der Waals surface area contributed by atoms with E-state index in [0.717, 1.165) is 12.0 Å². The van der Waals surface area contributed by atoms with Crippen LogP contribution in [0.15, 0.2) is 24.5 Å². The average molecular weight is 236 g/mol. The molecule has 0 aromatic carbocycles. The van der Waals surface area contributed by atoms with Crippen LogP contribution in [0.4, 0.5) is 0 Å². The van der Waals surface area contributed by atoms with Crippen LogP contribution in [0, 0.1) is 0 Å². The van der Waals surface area contributed by atoms with Crippen molar-refractivity contribution < 1.29 is 9.53 Å². The van der Waals surface area contributed by atoms with Gasteiger partial charge in [-0.1, -0.05) is 0 Å². The minimum absolute atomic E-state index is 0.341. The topological polar surface area (TPSA) is 65.2 Å². The Morgan fingerprint density at radius 2 is 2.00 bits per heavy atom. The number of nitrogens with two attached hydrogens (primary N) is 1. The van der Waals surface area contributed by atoms with E-state index in [1.807, 2.05) is 32.9 Å². The van der Waals surface area contributed by atoms with Gasteiger partial charge in [-0.2, -0.15) is 0 Å². The Kier molecular flexibility index (Phi) is 4.63. The van der Waals surface area contributed by atoms with Crippen LogP contribution < -0.4 is 5.73 Å². The molecule has 1 unspecified atom stereocenters. The molecule has 4 heteroatoms. The normalized spacial score (nSPS) is 13.2. The Balaban J connectivity index is 2.40. The summed E-state index contributed by atoms with van der Waals surface area (Å²) in [6.07, 6.45) is 4.80. The highest BCUT2D eigenvalue weighted by atomic mass is 16.6. The maximum Gasteiger partial charge on any atom is 0.323 e. The third kappa shape index (κ3) is 5.45. The van der Waals surface area contributed by atoms with Crippen LogP contribution >= 0.6 is 0 Å². The average Bonchev–Trinajstić information content (AvgIpc) is 2.25. The van der Waals surface area contributed by atoms with Crippen molar-refractivity contribution in [1.29, 1.82) is 0 Å². The van der Waals surface area contributed by atoms with Crippen LogP contribution in [0.25, 0.3) is 0 Å². The Morgan fingerprint density at radius 3 is 2.53 bits per heavy atom. The van der Waals surface area contributed by atoms with Crippen molar-refractivity contribution >= 4 is 5.97 Å². The number of ether oxygens (including phenoxy) is 1. The lowest BCUT2D eigenvalue weighted by atomic mass is 10.1. The van der Waals surface area contributed by atoms with Gasteiger partial charge in [0, 0.05) is 12.4 Å². The van der Waals surface area contributed by atoms with Gasteiger partial charge in [-0.25, -0.2) is 0 Å². The summed E-state index contributed by atoms with van der Waals surface area (Å²) in [5.74, 6) is -0.341. The van der Waals surface area contributed by atoms with E-state index in [1.165, 1.54) is 0 Å². The molecule has 1 atom stereocenters. The standard InChI is InChI=1S/C13H20N2O2/c1-13(2,3)17-12(16)11(14)5-4-10-6-8-15-9-7-10/h6-9,11H,4-5,14H2,1-3H3. The predicted molar refractivity (Wildman–Crippen MR) is 66.4 cm³/mol. The van der Waals surface area contributed by atoms with E-state index in [0.29, 0.717) is 6.42 Å². The molecule has 17 heavy (non-hydrogen) atoms. The van der Waals surface area contributed by atoms with Gasteiger partial charge in [-0.15, -0.1) is 0 Å². The molecule has 0 aliphatic carbocycles. The first-order valence-corrected chi connectivity index (χ1v) is 5.76. The largest absolute Gasteiger partial charge is 0.459 e. The van der Waals surface area contributed by atoms with Gasteiger partial charge < -0.3 is 10.5 Å². The summed E-state index contributed by atoms with van der Waals surface area (Å²) in [7, 11) is 0. The van der Waals surface area contributed by atoms with Gasteiger partial charge in [-0.3, -0.25) is 9.78 Å². The molecule has 1 heterocycles. The molecule has 1 rings (SSSR count). The fourth-order valence-corrected chi connectivity index (χ4v) is 1.37. The summed E-state index contributed by atoms with van der Waals surface area (Å²) in [4.78, 5) is 15.6. The van der Waals surface area contributed by atoms with E-state index >= 15 is 0 Å². The molecular formula is C13H20N2O2. The number of rotatable bonds is 4. The molecule has 4 nitrogen and oxygen atoms in total. The van der Waals surface area contributed by atoms with E-state index in [4.69, 9.17) is 10.5 Å². The Hall–Kier alpha value is -1.42. The van der Waals surface area contributed by atoms with Crippen molar-refractivity contribution in [1.82, 2.24) is 4.98 Å². The van der Waals surface area contributed by atoms with Gasteiger partial charge >= 0.3 is 5.97 Å². The summed E-state index contributed by atoms with van der Waals surface area (Å²) in [5, 5.41) is 0. The van der Waals surface area contributed by atoms with Crippen molar-refractivity contribution in [3.05, 3.63) is 30.1 Å². The summed E-state index contributed by atoms with van der Waals surface area (Å²) >= 11 is 0. The molecule has 0 amide bonds. The smallest absolute Gasteiger partial charge is 0.323 e. The van der Waals surface area contributed by atoms with Gasteiger partial charge in [-0.05, 0) is 51.3 Å². The van der Waals surface area contributed by atoms with Crippen LogP contribution in [0.1, 0.15) is 32.8 Å². The third-order valence-corrected chi connectivity index (χ3v) is 2.20. The van der Waals surface area contributed by atoms with Crippen LogP contribution in [0.3, 0.4) is 0 Å². The molecule has 0 aliphatic rings. The van der Waals surface area contributed by atoms with Crippen molar-refractivity contribution in [3.63, 3.8) is 0 Å². The zero-order chi connectivity index (χ0) is 12.9. The Morgan fingerprint density at radius 1 is 1.41 bits per heavy atom. The van der Waals surface area contributed by atoms with E-state index in [1.54, 1.807) is 12.4 Å². The van der Waals surface area contributed by atoms with Crippen LogP contribution in [0.5, 0.6) is 0 Å². The van der Waals surface area contributed by atoms with Gasteiger partial charge in [0.05, 0.1) is 0 Å². The number of carbonyl (C=O) groups is 1. The highest BCUT2D eigenvalue weighted by Crippen LogP contribution is 2.10. The van der Waals surface area contributed by atoms with Crippen LogP contribution in [0.2, 0.25) is 0 Å². The lowest BCUT2D eigenvalue weighted by Gasteiger charge is -2.22. The molecule has 0 bridgehead atoms. The second-order valence-corrected chi connectivity index (χ2v) is 5.03. The molecule has 0 fully saturated rings. The van der Waals surface area contributed by atoms with Gasteiger partial charge in [0.1, 0.15) is 11.6 Å². The van der Waals surface area contributed by atoms with Crippen molar-refractivity contribution in [2.24, 2.45) is 5.73 Å². The number of hydrogen-bond acceptors (Lipinski definition) is 4. The predicted octanol–water partition coefficient (Wildman–Crippen LogP) is 1.68. The van der Waals surface area contributed by atoms with Crippen molar-refractivity contribution in [2.75, 3.05) is 0 Å². The first-order chi connectivity index (χ1) is 7.88. The molecule has 0 saturated carbocycles. The summed E-state index contributed by atoms with van der Waals surface area (Å²) in [5.41, 5.74) is 6.43. The Labute approximate surface area is 102 Å². The van der Waals surface area contributed by atoms with Crippen LogP contribution in [-0.2, 0) is 16.0 Å². The highest BCUT2D eigenvalue weighted by Gasteiger charge is 2.21. The number of pyridine rings is 1. The van der Waals surface area contributed by atoms with Gasteiger partial charge in [0.15, 0.2) is 0 Å². The van der Waals surface area contributed by atoms with E-state index in [9.17, 15) is 4.79 Å². The monoisotopic (exact) mass is 236 g/mol. The fourth-order valence-electron chi connectivity index (χ4n) is 1.37. The molecule has 94 valence electrons. The summed E-state index contributed by atoms with van der Waals surface area (Å²) < 4.78 is 5.21. The first-order valence-electron chi connectivity index (χ1n) is 5.76. The molecule has 0 spiro atoms. The van der Waals surface area contributed by atoms with E-state index in [-0.39, 0.29) is 5.97 Å². The second-order valence-electron chi connectivity index (χ2n) is 5.03. The summed E-state index contributed by atoms with van der Waals surface area (Å²) in [6.45, 7) is 5.50. The molecule has 2 N–H and O–H groups in total. The van der Waals surface area contributed by atoms with Gasteiger partial charge in [0.2, 0.25) is 0 Å². The summed E-state index contributed by atoms with van der Waals surface area (Å²) in [6, 6.07) is 3.27. The minimum atomic E-state index is -0.567.